The molecule has 0 radical (unpaired) electrons. The van der Waals surface area contributed by atoms with E-state index in [1.807, 2.05) is 0 Å². The lowest BCUT2D eigenvalue weighted by molar-refractivity contribution is 0.176. The molecule has 1 aromatic rings. The molecule has 102 valence electrons. The number of benzene rings is 1. The molecule has 3 heteroatoms. The third kappa shape index (κ3) is 4.31. The van der Waals surface area contributed by atoms with E-state index in [0.29, 0.717) is 6.73 Å². The smallest absolute Gasteiger partial charge is 0.122 e. The van der Waals surface area contributed by atoms with Gasteiger partial charge in [0.2, 0.25) is 0 Å². The minimum absolute atomic E-state index is 0.0985. The van der Waals surface area contributed by atoms with Gasteiger partial charge in [0.05, 0.1) is 13.8 Å². The minimum atomic E-state index is 0.0985. The van der Waals surface area contributed by atoms with Gasteiger partial charge in [-0.05, 0) is 29.0 Å². The van der Waals surface area contributed by atoms with E-state index < -0.39 is 0 Å². The zero-order chi connectivity index (χ0) is 13.6. The molecule has 0 atom stereocenters. The lowest BCUT2D eigenvalue weighted by Gasteiger charge is -2.23. The van der Waals surface area contributed by atoms with Crippen LogP contribution >= 0.6 is 0 Å². The Bertz CT molecular complexity index is 369. The Morgan fingerprint density at radius 2 is 1.89 bits per heavy atom. The van der Waals surface area contributed by atoms with Crippen molar-refractivity contribution in [3.63, 3.8) is 0 Å². The molecule has 0 saturated heterocycles. The summed E-state index contributed by atoms with van der Waals surface area (Å²) in [5.74, 6) is 0.969. The van der Waals surface area contributed by atoms with E-state index in [1.165, 1.54) is 11.1 Å². The summed E-state index contributed by atoms with van der Waals surface area (Å²) >= 11 is 0. The van der Waals surface area contributed by atoms with Crippen molar-refractivity contribution >= 4 is 0 Å². The molecular weight excluding hydrogens is 226 g/mol. The maximum absolute atomic E-state index is 5.43. The molecule has 0 unspecified atom stereocenters. The van der Waals surface area contributed by atoms with Crippen molar-refractivity contribution in [2.24, 2.45) is 0 Å². The van der Waals surface area contributed by atoms with Crippen molar-refractivity contribution < 1.29 is 9.47 Å². The maximum Gasteiger partial charge on any atom is 0.122 e. The van der Waals surface area contributed by atoms with Gasteiger partial charge in [0.1, 0.15) is 5.75 Å². The summed E-state index contributed by atoms with van der Waals surface area (Å²) in [7, 11) is 3.42. The van der Waals surface area contributed by atoms with E-state index in [0.717, 1.165) is 18.7 Å². The monoisotopic (exact) mass is 251 g/mol. The van der Waals surface area contributed by atoms with E-state index >= 15 is 0 Å². The SMILES string of the molecule is COCNCCc1ccc(OC)c(C(C)(C)C)c1. The molecule has 0 aliphatic carbocycles. The van der Waals surface area contributed by atoms with Gasteiger partial charge in [-0.2, -0.15) is 0 Å². The Hall–Kier alpha value is -1.06. The van der Waals surface area contributed by atoms with Gasteiger partial charge < -0.3 is 9.47 Å². The van der Waals surface area contributed by atoms with Gasteiger partial charge in [0.25, 0.3) is 0 Å². The fourth-order valence-electron chi connectivity index (χ4n) is 1.90. The molecule has 1 rings (SSSR count). The molecule has 0 aromatic heterocycles. The van der Waals surface area contributed by atoms with E-state index in [-0.39, 0.29) is 5.41 Å². The van der Waals surface area contributed by atoms with E-state index in [4.69, 9.17) is 9.47 Å². The number of ether oxygens (including phenoxy) is 2. The minimum Gasteiger partial charge on any atom is -0.496 e. The van der Waals surface area contributed by atoms with Crippen LogP contribution in [0, 0.1) is 0 Å². The molecule has 0 aliphatic rings. The van der Waals surface area contributed by atoms with Crippen molar-refractivity contribution in [1.29, 1.82) is 0 Å². The van der Waals surface area contributed by atoms with Crippen molar-refractivity contribution in [2.45, 2.75) is 32.6 Å². The summed E-state index contributed by atoms with van der Waals surface area (Å²) < 4.78 is 10.4. The highest BCUT2D eigenvalue weighted by atomic mass is 16.5. The Labute approximate surface area is 110 Å². The normalized spacial score (nSPS) is 11.6. The number of nitrogens with one attached hydrogen (secondary N) is 1. The first-order valence-corrected chi connectivity index (χ1v) is 6.36. The lowest BCUT2D eigenvalue weighted by atomic mass is 9.85. The van der Waals surface area contributed by atoms with Crippen molar-refractivity contribution in [2.75, 3.05) is 27.5 Å². The van der Waals surface area contributed by atoms with E-state index in [1.54, 1.807) is 14.2 Å². The van der Waals surface area contributed by atoms with Crippen LogP contribution in [0.4, 0.5) is 0 Å². The number of hydrogen-bond donors (Lipinski definition) is 1. The molecule has 1 N–H and O–H groups in total. The number of methoxy groups -OCH3 is 2. The summed E-state index contributed by atoms with van der Waals surface area (Å²) in [5, 5.41) is 3.22. The summed E-state index contributed by atoms with van der Waals surface area (Å²) in [5.41, 5.74) is 2.68. The Balaban J connectivity index is 2.77. The molecular formula is C15H25NO2. The predicted octanol–water partition coefficient (Wildman–Crippen LogP) is 2.73. The zero-order valence-corrected chi connectivity index (χ0v) is 12.2. The third-order valence-electron chi connectivity index (χ3n) is 2.91. The second-order valence-electron chi connectivity index (χ2n) is 5.47. The standard InChI is InChI=1S/C15H25NO2/c1-15(2,3)13-10-12(6-7-14(13)18-5)8-9-16-11-17-4/h6-7,10,16H,8-9,11H2,1-5H3. The molecule has 0 spiro atoms. The Morgan fingerprint density at radius 3 is 2.44 bits per heavy atom. The molecule has 0 bridgehead atoms. The molecule has 1 aromatic carbocycles. The number of rotatable bonds is 6. The Kier molecular flexibility index (Phi) is 5.63. The molecule has 0 heterocycles. The van der Waals surface area contributed by atoms with Crippen molar-refractivity contribution in [3.8, 4) is 5.75 Å². The second-order valence-corrected chi connectivity index (χ2v) is 5.47. The Morgan fingerprint density at radius 1 is 1.17 bits per heavy atom. The second kappa shape index (κ2) is 6.76. The molecule has 3 nitrogen and oxygen atoms in total. The van der Waals surface area contributed by atoms with Crippen LogP contribution in [0.5, 0.6) is 5.75 Å². The van der Waals surface area contributed by atoms with Crippen LogP contribution in [-0.4, -0.2) is 27.5 Å². The fraction of sp³-hybridized carbons (Fsp3) is 0.600. The molecule has 0 saturated carbocycles. The summed E-state index contributed by atoms with van der Waals surface area (Å²) in [6.07, 6.45) is 0.996. The van der Waals surface area contributed by atoms with Gasteiger partial charge in [-0.3, -0.25) is 5.32 Å². The van der Waals surface area contributed by atoms with Crippen LogP contribution in [0.3, 0.4) is 0 Å². The van der Waals surface area contributed by atoms with Crippen molar-refractivity contribution in [3.05, 3.63) is 29.3 Å². The van der Waals surface area contributed by atoms with Gasteiger partial charge in [0.15, 0.2) is 0 Å². The average molecular weight is 251 g/mol. The van der Waals surface area contributed by atoms with Gasteiger partial charge in [-0.1, -0.05) is 32.9 Å². The van der Waals surface area contributed by atoms with Crippen LogP contribution in [0.25, 0.3) is 0 Å². The average Bonchev–Trinajstić information content (AvgIpc) is 2.33. The van der Waals surface area contributed by atoms with Crippen LogP contribution in [0.15, 0.2) is 18.2 Å². The topological polar surface area (TPSA) is 30.5 Å². The predicted molar refractivity (Wildman–Crippen MR) is 75.3 cm³/mol. The van der Waals surface area contributed by atoms with Gasteiger partial charge in [-0.25, -0.2) is 0 Å². The molecule has 18 heavy (non-hydrogen) atoms. The van der Waals surface area contributed by atoms with Crippen molar-refractivity contribution in [1.82, 2.24) is 5.32 Å². The first-order chi connectivity index (χ1) is 8.49. The summed E-state index contributed by atoms with van der Waals surface area (Å²) in [6.45, 7) is 8.14. The highest BCUT2D eigenvalue weighted by Crippen LogP contribution is 2.31. The number of hydrogen-bond acceptors (Lipinski definition) is 3. The molecule has 0 amide bonds. The first-order valence-electron chi connectivity index (χ1n) is 6.36. The zero-order valence-electron chi connectivity index (χ0n) is 12.2. The highest BCUT2D eigenvalue weighted by Gasteiger charge is 2.18. The highest BCUT2D eigenvalue weighted by molar-refractivity contribution is 5.41. The van der Waals surface area contributed by atoms with E-state index in [9.17, 15) is 0 Å². The first kappa shape index (κ1) is 15.0. The van der Waals surface area contributed by atoms with Gasteiger partial charge >= 0.3 is 0 Å². The fourth-order valence-corrected chi connectivity index (χ4v) is 1.90. The van der Waals surface area contributed by atoms with Crippen LogP contribution in [0.1, 0.15) is 31.9 Å². The molecule has 0 aliphatic heterocycles. The van der Waals surface area contributed by atoms with E-state index in [2.05, 4.69) is 44.3 Å². The van der Waals surface area contributed by atoms with Gasteiger partial charge in [0, 0.05) is 13.7 Å². The van der Waals surface area contributed by atoms with Crippen LogP contribution < -0.4 is 10.1 Å². The third-order valence-corrected chi connectivity index (χ3v) is 2.91. The van der Waals surface area contributed by atoms with Crippen LogP contribution in [-0.2, 0) is 16.6 Å². The maximum atomic E-state index is 5.43. The summed E-state index contributed by atoms with van der Waals surface area (Å²) in [4.78, 5) is 0. The quantitative estimate of drug-likeness (QED) is 0.623. The van der Waals surface area contributed by atoms with Crippen LogP contribution in [0.2, 0.25) is 0 Å². The molecule has 0 fully saturated rings. The largest absolute Gasteiger partial charge is 0.496 e. The lowest BCUT2D eigenvalue weighted by Crippen LogP contribution is -2.20. The summed E-state index contributed by atoms with van der Waals surface area (Å²) in [6, 6.07) is 6.43. The van der Waals surface area contributed by atoms with Gasteiger partial charge in [-0.15, -0.1) is 0 Å².